The molecule has 0 spiro atoms. The van der Waals surface area contributed by atoms with Gasteiger partial charge in [0, 0.05) is 65.4 Å². The number of piperazine rings is 1. The van der Waals surface area contributed by atoms with E-state index < -0.39 is 12.7 Å². The summed E-state index contributed by atoms with van der Waals surface area (Å²) in [5, 5.41) is 3.34. The molecule has 2 unspecified atom stereocenters. The number of rotatable bonds is 4. The van der Waals surface area contributed by atoms with E-state index >= 15 is 0 Å². The summed E-state index contributed by atoms with van der Waals surface area (Å²) in [6, 6.07) is -0.138. The third kappa shape index (κ3) is 5.97. The Bertz CT molecular complexity index is 585. The summed E-state index contributed by atoms with van der Waals surface area (Å²) in [5.74, 6) is 0.955. The molecule has 3 heterocycles. The third-order valence-corrected chi connectivity index (χ3v) is 6.16. The molecule has 0 saturated carbocycles. The van der Waals surface area contributed by atoms with Crippen LogP contribution in [0.1, 0.15) is 26.2 Å². The molecule has 166 valence electrons. The number of hydrogen-bond donors (Lipinski definition) is 1. The van der Waals surface area contributed by atoms with E-state index in [1.165, 1.54) is 4.90 Å². The molecule has 0 aromatic rings. The summed E-state index contributed by atoms with van der Waals surface area (Å²) in [7, 11) is 1.71. The molecular formula is C19H33F3N6O. The molecule has 29 heavy (non-hydrogen) atoms. The molecule has 1 amide bonds. The van der Waals surface area contributed by atoms with Gasteiger partial charge >= 0.3 is 6.18 Å². The van der Waals surface area contributed by atoms with Crippen molar-refractivity contribution in [3.8, 4) is 0 Å². The molecule has 10 heteroatoms. The van der Waals surface area contributed by atoms with Gasteiger partial charge in [0.05, 0.1) is 12.6 Å². The molecule has 0 bridgehead atoms. The van der Waals surface area contributed by atoms with Gasteiger partial charge in [-0.2, -0.15) is 13.2 Å². The van der Waals surface area contributed by atoms with E-state index in [1.807, 2.05) is 11.8 Å². The molecule has 3 saturated heterocycles. The number of likely N-dealkylation sites (tertiary alicyclic amines) is 2. The Morgan fingerprint density at radius 3 is 2.31 bits per heavy atom. The number of halogens is 3. The average Bonchev–Trinajstić information content (AvgIpc) is 3.36. The SMILES string of the molecule is CN=C(NC1CCN(CC(F)(F)F)C1)N1CCN(C(C)C(=O)N2CCCC2)CC1. The first-order chi connectivity index (χ1) is 13.8. The number of guanidine groups is 1. The number of nitrogens with one attached hydrogen (secondary N) is 1. The van der Waals surface area contributed by atoms with E-state index in [2.05, 4.69) is 20.1 Å². The Kier molecular flexibility index (Phi) is 7.26. The van der Waals surface area contributed by atoms with Crippen LogP contribution in [0.5, 0.6) is 0 Å². The number of carbonyl (C=O) groups is 1. The van der Waals surface area contributed by atoms with Crippen LogP contribution >= 0.6 is 0 Å². The Morgan fingerprint density at radius 2 is 1.72 bits per heavy atom. The highest BCUT2D eigenvalue weighted by Crippen LogP contribution is 2.20. The van der Waals surface area contributed by atoms with Gasteiger partial charge in [-0.05, 0) is 26.2 Å². The smallest absolute Gasteiger partial charge is 0.352 e. The highest BCUT2D eigenvalue weighted by atomic mass is 19.4. The monoisotopic (exact) mass is 418 g/mol. The van der Waals surface area contributed by atoms with E-state index in [1.54, 1.807) is 7.05 Å². The highest BCUT2D eigenvalue weighted by molar-refractivity contribution is 5.82. The van der Waals surface area contributed by atoms with Crippen molar-refractivity contribution in [3.63, 3.8) is 0 Å². The summed E-state index contributed by atoms with van der Waals surface area (Å²) < 4.78 is 37.8. The summed E-state index contributed by atoms with van der Waals surface area (Å²) in [4.78, 5) is 24.7. The van der Waals surface area contributed by atoms with Gasteiger partial charge in [0.2, 0.25) is 5.91 Å². The molecule has 0 aliphatic carbocycles. The summed E-state index contributed by atoms with van der Waals surface area (Å²) in [5.41, 5.74) is 0. The Balaban J connectivity index is 1.45. The molecular weight excluding hydrogens is 385 g/mol. The Labute approximate surface area is 170 Å². The fourth-order valence-electron chi connectivity index (χ4n) is 4.51. The lowest BCUT2D eigenvalue weighted by Gasteiger charge is -2.40. The topological polar surface area (TPSA) is 54.4 Å². The van der Waals surface area contributed by atoms with Crippen LogP contribution in [0.2, 0.25) is 0 Å². The van der Waals surface area contributed by atoms with Gasteiger partial charge in [0.15, 0.2) is 5.96 Å². The zero-order valence-electron chi connectivity index (χ0n) is 17.4. The standard InChI is InChI=1S/C19H33F3N6O/c1-15(17(29)27-6-3-4-7-27)26-9-11-28(12-10-26)18(23-2)24-16-5-8-25(13-16)14-19(20,21)22/h15-16H,3-14H2,1-2H3,(H,23,24). The molecule has 0 aromatic heterocycles. The van der Waals surface area contributed by atoms with Crippen molar-refractivity contribution in [2.75, 3.05) is 66.0 Å². The van der Waals surface area contributed by atoms with Crippen LogP contribution < -0.4 is 5.32 Å². The summed E-state index contributed by atoms with van der Waals surface area (Å²) in [6.45, 7) is 6.71. The number of nitrogens with zero attached hydrogens (tertiary/aromatic N) is 5. The Morgan fingerprint density at radius 1 is 1.07 bits per heavy atom. The van der Waals surface area contributed by atoms with Gasteiger partial charge in [0.1, 0.15) is 0 Å². The Hall–Kier alpha value is -1.55. The molecule has 7 nitrogen and oxygen atoms in total. The molecule has 0 radical (unpaired) electrons. The maximum Gasteiger partial charge on any atom is 0.401 e. The van der Waals surface area contributed by atoms with Crippen LogP contribution in [-0.4, -0.2) is 116 Å². The minimum Gasteiger partial charge on any atom is -0.352 e. The molecule has 0 aromatic carbocycles. The molecule has 2 atom stereocenters. The lowest BCUT2D eigenvalue weighted by molar-refractivity contribution is -0.143. The predicted octanol–water partition coefficient (Wildman–Crippen LogP) is 0.827. The second-order valence-electron chi connectivity index (χ2n) is 8.26. The van der Waals surface area contributed by atoms with Gasteiger partial charge in [-0.15, -0.1) is 0 Å². The van der Waals surface area contributed by atoms with Crippen LogP contribution in [0, 0.1) is 0 Å². The lowest BCUT2D eigenvalue weighted by Crippen LogP contribution is -2.58. The zero-order valence-corrected chi connectivity index (χ0v) is 17.4. The fourth-order valence-corrected chi connectivity index (χ4v) is 4.51. The summed E-state index contributed by atoms with van der Waals surface area (Å²) >= 11 is 0. The van der Waals surface area contributed by atoms with Crippen LogP contribution in [0.25, 0.3) is 0 Å². The number of carbonyl (C=O) groups excluding carboxylic acids is 1. The minimum absolute atomic E-state index is 0.0234. The maximum atomic E-state index is 12.6. The first-order valence-electron chi connectivity index (χ1n) is 10.6. The lowest BCUT2D eigenvalue weighted by atomic mass is 10.2. The molecule has 1 N–H and O–H groups in total. The molecule has 3 rings (SSSR count). The number of hydrogen-bond acceptors (Lipinski definition) is 4. The third-order valence-electron chi connectivity index (χ3n) is 6.16. The minimum atomic E-state index is -4.16. The zero-order chi connectivity index (χ0) is 21.0. The normalized spacial score (nSPS) is 26.2. The van der Waals surface area contributed by atoms with Crippen LogP contribution in [0.3, 0.4) is 0 Å². The number of alkyl halides is 3. The van der Waals surface area contributed by atoms with E-state index in [4.69, 9.17) is 0 Å². The van der Waals surface area contributed by atoms with Crippen molar-refractivity contribution >= 4 is 11.9 Å². The first-order valence-corrected chi connectivity index (χ1v) is 10.6. The van der Waals surface area contributed by atoms with E-state index in [9.17, 15) is 18.0 Å². The van der Waals surface area contributed by atoms with E-state index in [0.29, 0.717) is 19.5 Å². The van der Waals surface area contributed by atoms with Gasteiger partial charge in [-0.3, -0.25) is 19.6 Å². The van der Waals surface area contributed by atoms with Gasteiger partial charge in [0.25, 0.3) is 0 Å². The fraction of sp³-hybridized carbons (Fsp3) is 0.895. The van der Waals surface area contributed by atoms with E-state index in [-0.39, 0.29) is 18.0 Å². The summed E-state index contributed by atoms with van der Waals surface area (Å²) in [6.07, 6.45) is -1.29. The second-order valence-corrected chi connectivity index (χ2v) is 8.26. The van der Waals surface area contributed by atoms with Crippen molar-refractivity contribution in [1.29, 1.82) is 0 Å². The maximum absolute atomic E-state index is 12.6. The van der Waals surface area contributed by atoms with Gasteiger partial charge in [-0.1, -0.05) is 0 Å². The van der Waals surface area contributed by atoms with Crippen molar-refractivity contribution < 1.29 is 18.0 Å². The van der Waals surface area contributed by atoms with Crippen LogP contribution in [-0.2, 0) is 4.79 Å². The van der Waals surface area contributed by atoms with Crippen molar-refractivity contribution in [2.45, 2.75) is 44.4 Å². The highest BCUT2D eigenvalue weighted by Gasteiger charge is 2.35. The first kappa shape index (κ1) is 22.1. The average molecular weight is 419 g/mol. The molecule has 3 aliphatic rings. The number of amides is 1. The number of aliphatic imine (C=N–C) groups is 1. The van der Waals surface area contributed by atoms with Crippen molar-refractivity contribution in [1.82, 2.24) is 24.9 Å². The van der Waals surface area contributed by atoms with Crippen molar-refractivity contribution in [2.24, 2.45) is 4.99 Å². The van der Waals surface area contributed by atoms with Gasteiger partial charge in [-0.25, -0.2) is 0 Å². The molecule has 3 fully saturated rings. The predicted molar refractivity (Wildman–Crippen MR) is 106 cm³/mol. The largest absolute Gasteiger partial charge is 0.401 e. The second kappa shape index (κ2) is 9.51. The van der Waals surface area contributed by atoms with Gasteiger partial charge < -0.3 is 15.1 Å². The van der Waals surface area contributed by atoms with Crippen molar-refractivity contribution in [3.05, 3.63) is 0 Å². The van der Waals surface area contributed by atoms with Crippen LogP contribution in [0.15, 0.2) is 4.99 Å². The van der Waals surface area contributed by atoms with E-state index in [0.717, 1.165) is 58.1 Å². The quantitative estimate of drug-likeness (QED) is 0.542. The molecule has 3 aliphatic heterocycles. The van der Waals surface area contributed by atoms with Crippen LogP contribution in [0.4, 0.5) is 13.2 Å².